The fourth-order valence-electron chi connectivity index (χ4n) is 4.23. The van der Waals surface area contributed by atoms with Gasteiger partial charge in [-0.2, -0.15) is 5.10 Å². The van der Waals surface area contributed by atoms with Crippen LogP contribution in [0.4, 0.5) is 0 Å². The van der Waals surface area contributed by atoms with Crippen molar-refractivity contribution in [2.45, 2.75) is 51.5 Å². The lowest BCUT2D eigenvalue weighted by atomic mass is 10.0. The maximum Gasteiger partial charge on any atom is 0.267 e. The van der Waals surface area contributed by atoms with Crippen LogP contribution in [0.25, 0.3) is 11.3 Å². The first-order valence-corrected chi connectivity index (χ1v) is 9.80. The molecule has 0 unspecified atom stereocenters. The number of nitrogens with one attached hydrogen (secondary N) is 1. The van der Waals surface area contributed by atoms with Crippen LogP contribution < -0.4 is 10.3 Å². The molecule has 2 aliphatic rings. The van der Waals surface area contributed by atoms with E-state index >= 15 is 0 Å². The molecule has 0 saturated carbocycles. The van der Waals surface area contributed by atoms with Gasteiger partial charge in [-0.1, -0.05) is 0 Å². The summed E-state index contributed by atoms with van der Waals surface area (Å²) in [5, 5.41) is 6.94. The summed E-state index contributed by atoms with van der Waals surface area (Å²) in [4.78, 5) is 14.4. The topological polar surface area (TPSA) is 58.2 Å². The number of hydrogen-bond acceptors (Lipinski definition) is 4. The third-order valence-electron chi connectivity index (χ3n) is 5.72. The number of ether oxygens (including phenoxy) is 1. The van der Waals surface area contributed by atoms with Crippen molar-refractivity contribution >= 4 is 0 Å². The molecule has 138 valence electrons. The number of fused-ring (bicyclic) bond motifs is 1. The third kappa shape index (κ3) is 3.54. The molecule has 26 heavy (non-hydrogen) atoms. The van der Waals surface area contributed by atoms with E-state index < -0.39 is 0 Å². The van der Waals surface area contributed by atoms with Crippen LogP contribution in [0.5, 0.6) is 5.75 Å². The highest BCUT2D eigenvalue weighted by molar-refractivity contribution is 5.65. The second kappa shape index (κ2) is 7.62. The summed E-state index contributed by atoms with van der Waals surface area (Å²) in [6, 6.07) is 8.80. The molecule has 5 heteroatoms. The fourth-order valence-corrected chi connectivity index (χ4v) is 4.23. The van der Waals surface area contributed by atoms with E-state index in [1.54, 1.807) is 0 Å². The molecular weight excluding hydrogens is 326 g/mol. The van der Waals surface area contributed by atoms with Crippen LogP contribution in [-0.2, 0) is 12.8 Å². The summed E-state index contributed by atoms with van der Waals surface area (Å²) in [6.45, 7) is 5.40. The minimum absolute atomic E-state index is 0.0338. The van der Waals surface area contributed by atoms with E-state index in [-0.39, 0.29) is 5.56 Å². The van der Waals surface area contributed by atoms with Crippen molar-refractivity contribution in [2.24, 2.45) is 0 Å². The van der Waals surface area contributed by atoms with Crippen molar-refractivity contribution in [3.05, 3.63) is 45.7 Å². The number of H-pyrrole nitrogens is 1. The van der Waals surface area contributed by atoms with Gasteiger partial charge in [0.2, 0.25) is 0 Å². The van der Waals surface area contributed by atoms with Crippen molar-refractivity contribution in [3.63, 3.8) is 0 Å². The molecule has 1 fully saturated rings. The maximum absolute atomic E-state index is 11.9. The van der Waals surface area contributed by atoms with Gasteiger partial charge in [-0.05, 0) is 81.8 Å². The summed E-state index contributed by atoms with van der Waals surface area (Å²) in [5.74, 6) is 0.893. The van der Waals surface area contributed by atoms with E-state index in [1.807, 2.05) is 24.3 Å². The highest BCUT2D eigenvalue weighted by atomic mass is 16.5. The maximum atomic E-state index is 11.9. The zero-order valence-electron chi connectivity index (χ0n) is 15.5. The highest BCUT2D eigenvalue weighted by Crippen LogP contribution is 2.29. The molecule has 4 rings (SSSR count). The van der Waals surface area contributed by atoms with Gasteiger partial charge in [0.1, 0.15) is 5.75 Å². The molecule has 0 radical (unpaired) electrons. The lowest BCUT2D eigenvalue weighted by Crippen LogP contribution is -2.28. The van der Waals surface area contributed by atoms with Crippen molar-refractivity contribution in [3.8, 4) is 17.0 Å². The highest BCUT2D eigenvalue weighted by Gasteiger charge is 2.20. The number of likely N-dealkylation sites (tertiary alicyclic amines) is 1. The van der Waals surface area contributed by atoms with Crippen molar-refractivity contribution < 1.29 is 4.74 Å². The van der Waals surface area contributed by atoms with Crippen molar-refractivity contribution in [2.75, 3.05) is 19.7 Å². The molecular formula is C21H27N3O2. The lowest BCUT2D eigenvalue weighted by Gasteiger charge is -2.20. The first kappa shape index (κ1) is 17.3. The minimum atomic E-state index is -0.0338. The Morgan fingerprint density at radius 2 is 2.00 bits per heavy atom. The zero-order chi connectivity index (χ0) is 17.9. The normalized spacial score (nSPS) is 19.7. The average molecular weight is 353 g/mol. The first-order chi connectivity index (χ1) is 12.7. The van der Waals surface area contributed by atoms with E-state index in [0.717, 1.165) is 73.0 Å². The van der Waals surface area contributed by atoms with E-state index in [2.05, 4.69) is 22.0 Å². The van der Waals surface area contributed by atoms with Crippen LogP contribution in [0.3, 0.4) is 0 Å². The van der Waals surface area contributed by atoms with Gasteiger partial charge in [-0.15, -0.1) is 0 Å². The second-order valence-corrected chi connectivity index (χ2v) is 7.47. The molecule has 1 aromatic carbocycles. The van der Waals surface area contributed by atoms with Gasteiger partial charge in [0.05, 0.1) is 12.3 Å². The van der Waals surface area contributed by atoms with Crippen LogP contribution in [0.2, 0.25) is 0 Å². The van der Waals surface area contributed by atoms with E-state index in [9.17, 15) is 4.79 Å². The van der Waals surface area contributed by atoms with Crippen LogP contribution in [0.1, 0.15) is 43.7 Å². The van der Waals surface area contributed by atoms with Crippen LogP contribution >= 0.6 is 0 Å². The number of aromatic nitrogens is 2. The molecule has 1 aliphatic heterocycles. The van der Waals surface area contributed by atoms with Gasteiger partial charge in [0.25, 0.3) is 5.56 Å². The predicted molar refractivity (Wildman–Crippen MR) is 103 cm³/mol. The molecule has 0 bridgehead atoms. The van der Waals surface area contributed by atoms with E-state index in [4.69, 9.17) is 4.74 Å². The Hall–Kier alpha value is -2.14. The van der Waals surface area contributed by atoms with Gasteiger partial charge in [-0.25, -0.2) is 5.10 Å². The molecule has 5 nitrogen and oxygen atoms in total. The Morgan fingerprint density at radius 3 is 2.77 bits per heavy atom. The largest absolute Gasteiger partial charge is 0.494 e. The molecule has 2 heterocycles. The predicted octanol–water partition coefficient (Wildman–Crippen LogP) is 3.18. The minimum Gasteiger partial charge on any atom is -0.494 e. The van der Waals surface area contributed by atoms with E-state index in [0.29, 0.717) is 0 Å². The van der Waals surface area contributed by atoms with Gasteiger partial charge >= 0.3 is 0 Å². The molecule has 0 amide bonds. The van der Waals surface area contributed by atoms with Crippen LogP contribution in [0.15, 0.2) is 29.1 Å². The van der Waals surface area contributed by atoms with E-state index in [1.165, 1.54) is 19.4 Å². The number of rotatable bonds is 6. The summed E-state index contributed by atoms with van der Waals surface area (Å²) in [7, 11) is 0. The Morgan fingerprint density at radius 1 is 1.19 bits per heavy atom. The number of hydrogen-bond donors (Lipinski definition) is 1. The molecule has 1 aromatic heterocycles. The molecule has 1 aliphatic carbocycles. The smallest absolute Gasteiger partial charge is 0.267 e. The summed E-state index contributed by atoms with van der Waals surface area (Å²) < 4.78 is 5.90. The monoisotopic (exact) mass is 353 g/mol. The molecule has 0 spiro atoms. The summed E-state index contributed by atoms with van der Waals surface area (Å²) in [5.41, 5.74) is 3.94. The standard InChI is InChI=1S/C21H27N3O2/c1-15-5-3-12-24(15)13-4-14-26-17-10-8-16(9-11-17)20-18-6-2-7-19(18)21(25)23-22-20/h8-11,15H,2-7,12-14H2,1H3,(H,23,25)/t15-/m1/s1. The molecule has 1 N–H and O–H groups in total. The molecule has 2 aromatic rings. The Balaban J connectivity index is 1.36. The van der Waals surface area contributed by atoms with Gasteiger partial charge < -0.3 is 9.64 Å². The number of nitrogens with zero attached hydrogens (tertiary/aromatic N) is 2. The van der Waals surface area contributed by atoms with Gasteiger partial charge in [-0.3, -0.25) is 4.79 Å². The Labute approximate surface area is 154 Å². The number of aromatic amines is 1. The van der Waals surface area contributed by atoms with Crippen LogP contribution in [0, 0.1) is 0 Å². The van der Waals surface area contributed by atoms with Gasteiger partial charge in [0.15, 0.2) is 0 Å². The zero-order valence-corrected chi connectivity index (χ0v) is 15.5. The Bertz CT molecular complexity index is 813. The van der Waals surface area contributed by atoms with Gasteiger partial charge in [0, 0.05) is 23.7 Å². The molecule has 1 saturated heterocycles. The number of benzene rings is 1. The van der Waals surface area contributed by atoms with Crippen LogP contribution in [-0.4, -0.2) is 40.8 Å². The van der Waals surface area contributed by atoms with Crippen molar-refractivity contribution in [1.29, 1.82) is 0 Å². The lowest BCUT2D eigenvalue weighted by molar-refractivity contribution is 0.230. The molecule has 1 atom stereocenters. The fraction of sp³-hybridized carbons (Fsp3) is 0.524. The van der Waals surface area contributed by atoms with Crippen molar-refractivity contribution in [1.82, 2.24) is 15.1 Å². The third-order valence-corrected chi connectivity index (χ3v) is 5.72. The summed E-state index contributed by atoms with van der Waals surface area (Å²) >= 11 is 0. The SMILES string of the molecule is C[C@@H]1CCCN1CCCOc1ccc(-c2n[nH]c(=O)c3c2CCC3)cc1. The summed E-state index contributed by atoms with van der Waals surface area (Å²) in [6.07, 6.45) is 6.54. The Kier molecular flexibility index (Phi) is 5.07. The second-order valence-electron chi connectivity index (χ2n) is 7.47. The first-order valence-electron chi connectivity index (χ1n) is 9.80. The average Bonchev–Trinajstić information content (AvgIpc) is 3.30. The quantitative estimate of drug-likeness (QED) is 0.811.